The van der Waals surface area contributed by atoms with E-state index in [0.29, 0.717) is 0 Å². The molecule has 0 atom stereocenters. The van der Waals surface area contributed by atoms with Gasteiger partial charge in [0.1, 0.15) is 12.1 Å². The lowest BCUT2D eigenvalue weighted by molar-refractivity contribution is 0.399. The predicted molar refractivity (Wildman–Crippen MR) is 79.9 cm³/mol. The van der Waals surface area contributed by atoms with Crippen molar-refractivity contribution in [3.05, 3.63) is 30.6 Å². The van der Waals surface area contributed by atoms with Gasteiger partial charge < -0.3 is 10.4 Å². The third-order valence-electron chi connectivity index (χ3n) is 1.78. The lowest BCUT2D eigenvalue weighted by atomic mass is 10.2. The second-order valence-electron chi connectivity index (χ2n) is 2.49. The number of hydrogen-bond donors (Lipinski definition) is 2. The molecule has 0 aliphatic rings. The first-order chi connectivity index (χ1) is 8.92. The van der Waals surface area contributed by atoms with E-state index in [9.17, 15) is 0 Å². The normalized spacial score (nSPS) is 7.72. The monoisotopic (exact) mass is 251 g/mol. The van der Waals surface area contributed by atoms with Crippen molar-refractivity contribution in [3.63, 3.8) is 0 Å². The van der Waals surface area contributed by atoms with Crippen molar-refractivity contribution in [1.82, 2.24) is 9.97 Å². The predicted octanol–water partition coefficient (Wildman–Crippen LogP) is 3.33. The van der Waals surface area contributed by atoms with Crippen molar-refractivity contribution in [2.45, 2.75) is 27.7 Å². The van der Waals surface area contributed by atoms with Crippen molar-refractivity contribution in [1.29, 1.82) is 0 Å². The average Bonchev–Trinajstić information content (AvgIpc) is 2.52. The van der Waals surface area contributed by atoms with Crippen LogP contribution >= 0.6 is 0 Å². The molecule has 18 heavy (non-hydrogen) atoms. The zero-order valence-corrected chi connectivity index (χ0v) is 12.2. The Hall–Kier alpha value is -1.68. The van der Waals surface area contributed by atoms with Crippen LogP contribution in [0.15, 0.2) is 30.6 Å². The molecule has 1 aromatic heterocycles. The highest BCUT2D eigenvalue weighted by molar-refractivity contribution is 5.88. The molecule has 0 aliphatic carbocycles. The van der Waals surface area contributed by atoms with E-state index in [1.807, 2.05) is 59.0 Å². The van der Waals surface area contributed by atoms with Crippen LogP contribution in [0.4, 0.5) is 5.82 Å². The Balaban J connectivity index is 0. The fourth-order valence-corrected chi connectivity index (χ4v) is 1.20. The maximum absolute atomic E-state index is 7.00. The van der Waals surface area contributed by atoms with Crippen LogP contribution in [-0.4, -0.2) is 29.2 Å². The molecule has 0 saturated heterocycles. The first kappa shape index (κ1) is 18.7. The molecule has 0 fully saturated rings. The number of fused-ring (bicyclic) bond motifs is 1. The zero-order chi connectivity index (χ0) is 14.4. The van der Waals surface area contributed by atoms with Gasteiger partial charge in [-0.15, -0.1) is 0 Å². The van der Waals surface area contributed by atoms with Crippen LogP contribution in [0, 0.1) is 0 Å². The molecule has 2 N–H and O–H groups in total. The number of benzene rings is 1. The van der Waals surface area contributed by atoms with Gasteiger partial charge in [-0.2, -0.15) is 0 Å². The Labute approximate surface area is 110 Å². The van der Waals surface area contributed by atoms with Crippen LogP contribution in [0.2, 0.25) is 0 Å². The number of nitrogens with zero attached hydrogens (tertiary/aromatic N) is 2. The van der Waals surface area contributed by atoms with Gasteiger partial charge in [-0.1, -0.05) is 39.8 Å². The first-order valence-corrected chi connectivity index (χ1v) is 6.24. The summed E-state index contributed by atoms with van der Waals surface area (Å²) in [6.07, 6.45) is 1.56. The van der Waals surface area contributed by atoms with E-state index in [-0.39, 0.29) is 0 Å². The summed E-state index contributed by atoms with van der Waals surface area (Å²) in [5.41, 5.74) is 0.969. The number of aliphatic hydroxyl groups is 1. The van der Waals surface area contributed by atoms with E-state index in [4.69, 9.17) is 5.11 Å². The minimum atomic E-state index is 0.876. The molecule has 0 aliphatic heterocycles. The van der Waals surface area contributed by atoms with E-state index in [0.717, 1.165) is 23.8 Å². The lowest BCUT2D eigenvalue weighted by Crippen LogP contribution is -1.93. The Bertz CT molecular complexity index is 400. The van der Waals surface area contributed by atoms with Crippen LogP contribution in [0.5, 0.6) is 0 Å². The summed E-state index contributed by atoms with van der Waals surface area (Å²) < 4.78 is 0. The molecular formula is C14H25N3O. The second-order valence-corrected chi connectivity index (χ2v) is 2.49. The van der Waals surface area contributed by atoms with Crippen molar-refractivity contribution in [2.24, 2.45) is 0 Å². The highest BCUT2D eigenvalue weighted by Gasteiger charge is 1.98. The summed E-state index contributed by atoms with van der Waals surface area (Å²) >= 11 is 0. The summed E-state index contributed by atoms with van der Waals surface area (Å²) in [4.78, 5) is 8.24. The Morgan fingerprint density at radius 3 is 2.06 bits per heavy atom. The number of para-hydroxylation sites is 1. The van der Waals surface area contributed by atoms with Gasteiger partial charge in [0.2, 0.25) is 0 Å². The molecule has 102 valence electrons. The number of nitrogens with one attached hydrogen (secondary N) is 1. The fourth-order valence-electron chi connectivity index (χ4n) is 1.20. The van der Waals surface area contributed by atoms with Crippen LogP contribution in [-0.2, 0) is 0 Å². The maximum Gasteiger partial charge on any atom is 0.137 e. The molecule has 0 bridgehead atoms. The molecule has 1 heterocycles. The Morgan fingerprint density at radius 2 is 1.50 bits per heavy atom. The van der Waals surface area contributed by atoms with Crippen molar-refractivity contribution in [2.75, 3.05) is 19.5 Å². The van der Waals surface area contributed by atoms with Gasteiger partial charge in [0.05, 0.1) is 5.52 Å². The number of rotatable bonds is 1. The van der Waals surface area contributed by atoms with Gasteiger partial charge in [-0.3, -0.25) is 0 Å². The maximum atomic E-state index is 7.00. The smallest absolute Gasteiger partial charge is 0.137 e. The summed E-state index contributed by atoms with van der Waals surface area (Å²) in [7, 11) is 2.86. The standard InChI is InChI=1S/C9H9N3.2C2H6.CH4O/c1-10-9-7-4-2-3-5-8(7)11-6-12-9;3*1-2/h2-6H,1H3,(H,10,11,12);2*1-2H3;2H,1H3. The van der Waals surface area contributed by atoms with Gasteiger partial charge in [-0.05, 0) is 12.1 Å². The molecule has 0 radical (unpaired) electrons. The first-order valence-electron chi connectivity index (χ1n) is 6.24. The van der Waals surface area contributed by atoms with Gasteiger partial charge in [0, 0.05) is 19.5 Å². The molecule has 0 amide bonds. The van der Waals surface area contributed by atoms with E-state index in [2.05, 4.69) is 15.3 Å². The molecular weight excluding hydrogens is 226 g/mol. The Morgan fingerprint density at radius 1 is 0.944 bits per heavy atom. The third kappa shape index (κ3) is 5.59. The minimum Gasteiger partial charge on any atom is -0.400 e. The Kier molecular flexibility index (Phi) is 13.9. The summed E-state index contributed by atoms with van der Waals surface area (Å²) in [5, 5.41) is 11.1. The summed E-state index contributed by atoms with van der Waals surface area (Å²) in [5.74, 6) is 0.876. The average molecular weight is 251 g/mol. The molecule has 0 saturated carbocycles. The largest absolute Gasteiger partial charge is 0.400 e. The highest BCUT2D eigenvalue weighted by Crippen LogP contribution is 2.16. The van der Waals surface area contributed by atoms with E-state index < -0.39 is 0 Å². The van der Waals surface area contributed by atoms with Crippen LogP contribution in [0.1, 0.15) is 27.7 Å². The van der Waals surface area contributed by atoms with E-state index >= 15 is 0 Å². The van der Waals surface area contributed by atoms with Gasteiger partial charge in [0.15, 0.2) is 0 Å². The topological polar surface area (TPSA) is 58.0 Å². The molecule has 4 nitrogen and oxygen atoms in total. The molecule has 2 aromatic rings. The third-order valence-corrected chi connectivity index (χ3v) is 1.78. The SMILES string of the molecule is CC.CC.CNc1ncnc2ccccc12.CO. The van der Waals surface area contributed by atoms with Crippen molar-refractivity contribution < 1.29 is 5.11 Å². The van der Waals surface area contributed by atoms with Crippen LogP contribution in [0.3, 0.4) is 0 Å². The van der Waals surface area contributed by atoms with E-state index in [1.165, 1.54) is 0 Å². The summed E-state index contributed by atoms with van der Waals surface area (Å²) in [6, 6.07) is 7.92. The van der Waals surface area contributed by atoms with Crippen molar-refractivity contribution >= 4 is 16.7 Å². The second kappa shape index (κ2) is 13.4. The number of anilines is 1. The molecule has 1 aromatic carbocycles. The number of aromatic nitrogens is 2. The van der Waals surface area contributed by atoms with Crippen LogP contribution < -0.4 is 5.32 Å². The highest BCUT2D eigenvalue weighted by atomic mass is 16.2. The molecule has 0 spiro atoms. The molecule has 0 unspecified atom stereocenters. The lowest BCUT2D eigenvalue weighted by Gasteiger charge is -2.01. The quantitative estimate of drug-likeness (QED) is 0.816. The van der Waals surface area contributed by atoms with E-state index in [1.54, 1.807) is 6.33 Å². The molecule has 2 rings (SSSR count). The zero-order valence-electron chi connectivity index (χ0n) is 12.2. The number of aliphatic hydroxyl groups excluding tert-OH is 1. The van der Waals surface area contributed by atoms with Gasteiger partial charge >= 0.3 is 0 Å². The summed E-state index contributed by atoms with van der Waals surface area (Å²) in [6.45, 7) is 8.00. The number of hydrogen-bond acceptors (Lipinski definition) is 4. The van der Waals surface area contributed by atoms with Gasteiger partial charge in [-0.25, -0.2) is 9.97 Å². The molecule has 4 heteroatoms. The van der Waals surface area contributed by atoms with Crippen molar-refractivity contribution in [3.8, 4) is 0 Å². The minimum absolute atomic E-state index is 0.876. The fraction of sp³-hybridized carbons (Fsp3) is 0.429. The van der Waals surface area contributed by atoms with Gasteiger partial charge in [0.25, 0.3) is 0 Å². The van der Waals surface area contributed by atoms with Crippen LogP contribution in [0.25, 0.3) is 10.9 Å².